The van der Waals surface area contributed by atoms with Gasteiger partial charge in [0.2, 0.25) is 0 Å². The van der Waals surface area contributed by atoms with Crippen LogP contribution in [0.15, 0.2) is 0 Å². The summed E-state index contributed by atoms with van der Waals surface area (Å²) in [5, 5.41) is 17.6. The summed E-state index contributed by atoms with van der Waals surface area (Å²) < 4.78 is 27.6. The lowest BCUT2D eigenvalue weighted by atomic mass is 9.82. The SMILES string of the molecule is CCN(CC)S(=O)(=O)N1C[C@H](CCCB(O)O)[C@@H](N)C1. The van der Waals surface area contributed by atoms with Crippen LogP contribution in [0, 0.1) is 5.92 Å². The minimum Gasteiger partial charge on any atom is -0.427 e. The zero-order valence-corrected chi connectivity index (χ0v) is 13.1. The zero-order valence-electron chi connectivity index (χ0n) is 12.3. The van der Waals surface area contributed by atoms with Gasteiger partial charge < -0.3 is 15.8 Å². The first kappa shape index (κ1) is 17.9. The largest absolute Gasteiger partial charge is 0.451 e. The van der Waals surface area contributed by atoms with Gasteiger partial charge in [-0.25, -0.2) is 0 Å². The van der Waals surface area contributed by atoms with Crippen LogP contribution >= 0.6 is 0 Å². The molecule has 118 valence electrons. The molecule has 0 aromatic rings. The molecule has 0 amide bonds. The van der Waals surface area contributed by atoms with Gasteiger partial charge in [-0.05, 0) is 18.7 Å². The number of nitrogens with two attached hydrogens (primary N) is 1. The smallest absolute Gasteiger partial charge is 0.427 e. The Bertz CT molecular complexity index is 389. The van der Waals surface area contributed by atoms with Crippen LogP contribution in [-0.4, -0.2) is 66.4 Å². The number of hydrogen-bond acceptors (Lipinski definition) is 5. The van der Waals surface area contributed by atoms with E-state index in [1.165, 1.54) is 8.61 Å². The van der Waals surface area contributed by atoms with Crippen LogP contribution in [0.2, 0.25) is 6.32 Å². The third kappa shape index (κ3) is 4.41. The van der Waals surface area contributed by atoms with E-state index in [1.54, 1.807) is 0 Å². The highest BCUT2D eigenvalue weighted by Gasteiger charge is 2.38. The maximum Gasteiger partial charge on any atom is 0.451 e. The fraction of sp³-hybridized carbons (Fsp3) is 1.00. The molecule has 4 N–H and O–H groups in total. The fourth-order valence-electron chi connectivity index (χ4n) is 2.63. The number of nitrogens with zero attached hydrogens (tertiary/aromatic N) is 2. The molecule has 0 bridgehead atoms. The van der Waals surface area contributed by atoms with E-state index in [-0.39, 0.29) is 12.0 Å². The van der Waals surface area contributed by atoms with Crippen molar-refractivity contribution in [2.45, 2.75) is 39.1 Å². The zero-order chi connectivity index (χ0) is 15.3. The van der Waals surface area contributed by atoms with E-state index in [0.29, 0.717) is 45.3 Å². The van der Waals surface area contributed by atoms with Gasteiger partial charge in [-0.15, -0.1) is 0 Å². The molecule has 1 fully saturated rings. The van der Waals surface area contributed by atoms with E-state index in [4.69, 9.17) is 15.8 Å². The third-order valence-electron chi connectivity index (χ3n) is 3.85. The van der Waals surface area contributed by atoms with Crippen molar-refractivity contribution in [1.29, 1.82) is 0 Å². The molecular weight excluding hydrogens is 281 g/mol. The second-order valence-corrected chi connectivity index (χ2v) is 7.17. The van der Waals surface area contributed by atoms with Gasteiger partial charge in [0, 0.05) is 32.2 Å². The first-order valence-electron chi connectivity index (χ1n) is 7.19. The molecule has 0 spiro atoms. The summed E-state index contributed by atoms with van der Waals surface area (Å²) in [6.45, 7) is 5.29. The molecule has 1 heterocycles. The molecule has 9 heteroatoms. The van der Waals surface area contributed by atoms with Crippen molar-refractivity contribution >= 4 is 17.3 Å². The van der Waals surface area contributed by atoms with Gasteiger partial charge >= 0.3 is 7.12 Å². The van der Waals surface area contributed by atoms with Crippen molar-refractivity contribution in [2.24, 2.45) is 11.7 Å². The van der Waals surface area contributed by atoms with Crippen LogP contribution in [0.4, 0.5) is 0 Å². The molecule has 0 aliphatic carbocycles. The van der Waals surface area contributed by atoms with Crippen LogP contribution in [-0.2, 0) is 10.2 Å². The first-order chi connectivity index (χ1) is 9.32. The molecule has 0 aromatic heterocycles. The normalized spacial score (nSPS) is 24.5. The summed E-state index contributed by atoms with van der Waals surface area (Å²) in [6, 6.07) is -0.184. The Balaban J connectivity index is 2.59. The van der Waals surface area contributed by atoms with Gasteiger partial charge in [-0.1, -0.05) is 20.3 Å². The van der Waals surface area contributed by atoms with Gasteiger partial charge in [0.25, 0.3) is 10.2 Å². The van der Waals surface area contributed by atoms with Crippen molar-refractivity contribution in [3.05, 3.63) is 0 Å². The van der Waals surface area contributed by atoms with Gasteiger partial charge in [-0.2, -0.15) is 17.0 Å². The quantitative estimate of drug-likeness (QED) is 0.503. The molecule has 1 aliphatic rings. The van der Waals surface area contributed by atoms with E-state index in [9.17, 15) is 8.42 Å². The van der Waals surface area contributed by atoms with E-state index in [1.807, 2.05) is 13.8 Å². The van der Waals surface area contributed by atoms with E-state index in [0.717, 1.165) is 0 Å². The highest BCUT2D eigenvalue weighted by atomic mass is 32.2. The van der Waals surface area contributed by atoms with Crippen LogP contribution in [0.3, 0.4) is 0 Å². The Kier molecular flexibility index (Phi) is 6.89. The van der Waals surface area contributed by atoms with Crippen LogP contribution < -0.4 is 5.73 Å². The monoisotopic (exact) mass is 307 g/mol. The molecule has 7 nitrogen and oxygen atoms in total. The molecule has 0 aromatic carbocycles. The summed E-state index contributed by atoms with van der Waals surface area (Å²) in [7, 11) is -4.72. The maximum atomic E-state index is 12.4. The lowest BCUT2D eigenvalue weighted by Crippen LogP contribution is -2.43. The van der Waals surface area contributed by atoms with Gasteiger partial charge in [0.1, 0.15) is 0 Å². The second-order valence-electron chi connectivity index (χ2n) is 5.24. The molecular formula is C11H26BN3O4S. The predicted octanol–water partition coefficient (Wildman–Crippen LogP) is -0.915. The highest BCUT2D eigenvalue weighted by Crippen LogP contribution is 2.25. The summed E-state index contributed by atoms with van der Waals surface area (Å²) in [5.41, 5.74) is 6.02. The topological polar surface area (TPSA) is 107 Å². The molecule has 1 saturated heterocycles. The Labute approximate surface area is 122 Å². The van der Waals surface area contributed by atoms with Crippen LogP contribution in [0.1, 0.15) is 26.7 Å². The average Bonchev–Trinajstić information content (AvgIpc) is 2.72. The lowest BCUT2D eigenvalue weighted by Gasteiger charge is -2.25. The summed E-state index contributed by atoms with van der Waals surface area (Å²) in [4.78, 5) is 0. The third-order valence-corrected chi connectivity index (χ3v) is 5.97. The number of hydrogen-bond donors (Lipinski definition) is 3. The van der Waals surface area contributed by atoms with Crippen LogP contribution in [0.5, 0.6) is 0 Å². The minimum absolute atomic E-state index is 0.0825. The van der Waals surface area contributed by atoms with Crippen LogP contribution in [0.25, 0.3) is 0 Å². The molecule has 1 aliphatic heterocycles. The Morgan fingerprint density at radius 3 is 2.40 bits per heavy atom. The highest BCUT2D eigenvalue weighted by molar-refractivity contribution is 7.86. The summed E-state index contributed by atoms with van der Waals surface area (Å²) in [6.07, 6.45) is 1.64. The van der Waals surface area contributed by atoms with Gasteiger partial charge in [0.05, 0.1) is 0 Å². The molecule has 0 radical (unpaired) electrons. The summed E-state index contributed by atoms with van der Waals surface area (Å²) >= 11 is 0. The van der Waals surface area contributed by atoms with Crippen molar-refractivity contribution in [2.75, 3.05) is 26.2 Å². The predicted molar refractivity (Wildman–Crippen MR) is 79.1 cm³/mol. The lowest BCUT2D eigenvalue weighted by molar-refractivity contribution is 0.367. The Morgan fingerprint density at radius 1 is 1.30 bits per heavy atom. The Hall–Kier alpha value is -0.185. The minimum atomic E-state index is -3.42. The second kappa shape index (κ2) is 7.72. The van der Waals surface area contributed by atoms with Crippen molar-refractivity contribution in [3.8, 4) is 0 Å². The van der Waals surface area contributed by atoms with Crippen molar-refractivity contribution in [1.82, 2.24) is 8.61 Å². The first-order valence-corrected chi connectivity index (χ1v) is 8.59. The van der Waals surface area contributed by atoms with E-state index in [2.05, 4.69) is 0 Å². The van der Waals surface area contributed by atoms with Crippen molar-refractivity contribution < 1.29 is 18.5 Å². The summed E-state index contributed by atoms with van der Waals surface area (Å²) in [5.74, 6) is 0.0825. The van der Waals surface area contributed by atoms with Gasteiger partial charge in [-0.3, -0.25) is 0 Å². The molecule has 0 saturated carbocycles. The fourth-order valence-corrected chi connectivity index (χ4v) is 4.34. The standard InChI is InChI=1S/C11H26BN3O4S/c1-3-14(4-2)20(18,19)15-8-10(11(13)9-15)6-5-7-12(16)17/h10-11,16-17H,3-9,13H2,1-2H3/t10-,11-/m0/s1. The molecule has 1 rings (SSSR count). The Morgan fingerprint density at radius 2 is 1.90 bits per heavy atom. The van der Waals surface area contributed by atoms with Gasteiger partial charge in [0.15, 0.2) is 0 Å². The molecule has 0 unspecified atom stereocenters. The maximum absolute atomic E-state index is 12.4. The van der Waals surface area contributed by atoms with Crippen molar-refractivity contribution in [3.63, 3.8) is 0 Å². The molecule has 20 heavy (non-hydrogen) atoms. The number of rotatable bonds is 8. The van der Waals surface area contributed by atoms with E-state index < -0.39 is 17.3 Å². The average molecular weight is 307 g/mol. The van der Waals surface area contributed by atoms with E-state index >= 15 is 0 Å². The molecule has 2 atom stereocenters.